The summed E-state index contributed by atoms with van der Waals surface area (Å²) >= 11 is 0. The number of hydrogen-bond donors (Lipinski definition) is 1. The van der Waals surface area contributed by atoms with Crippen molar-refractivity contribution in [3.05, 3.63) is 18.0 Å². The van der Waals surface area contributed by atoms with Gasteiger partial charge in [-0.3, -0.25) is 4.68 Å². The molecule has 1 heterocycles. The molecule has 0 spiro atoms. The maximum atomic E-state index is 4.27. The van der Waals surface area contributed by atoms with Crippen molar-refractivity contribution in [1.82, 2.24) is 15.1 Å². The zero-order valence-electron chi connectivity index (χ0n) is 11.1. The summed E-state index contributed by atoms with van der Waals surface area (Å²) in [5.41, 5.74) is 1.49. The fourth-order valence-corrected chi connectivity index (χ4v) is 1.63. The molecule has 1 N–H and O–H groups in total. The molecule has 0 saturated heterocycles. The second-order valence-corrected chi connectivity index (χ2v) is 5.52. The van der Waals surface area contributed by atoms with Gasteiger partial charge in [0, 0.05) is 18.3 Å². The predicted octanol–water partition coefficient (Wildman–Crippen LogP) is 2.75. The van der Waals surface area contributed by atoms with Gasteiger partial charge in [0.2, 0.25) is 0 Å². The molecule has 0 atom stereocenters. The summed E-state index contributed by atoms with van der Waals surface area (Å²) in [6.07, 6.45) is 7.75. The summed E-state index contributed by atoms with van der Waals surface area (Å²) in [5, 5.41) is 7.78. The van der Waals surface area contributed by atoms with E-state index in [0.29, 0.717) is 0 Å². The summed E-state index contributed by atoms with van der Waals surface area (Å²) < 4.78 is 2.03. The van der Waals surface area contributed by atoms with Gasteiger partial charge in [0.15, 0.2) is 0 Å². The first-order chi connectivity index (χ1) is 7.47. The van der Waals surface area contributed by atoms with Crippen LogP contribution in [0, 0.1) is 6.92 Å². The molecule has 0 amide bonds. The van der Waals surface area contributed by atoms with E-state index in [-0.39, 0.29) is 5.54 Å². The third-order valence-corrected chi connectivity index (χ3v) is 2.48. The van der Waals surface area contributed by atoms with Crippen LogP contribution in [0.4, 0.5) is 0 Å². The molecular weight excluding hydrogens is 198 g/mol. The minimum atomic E-state index is 0.249. The summed E-state index contributed by atoms with van der Waals surface area (Å²) in [7, 11) is 0. The Morgan fingerprint density at radius 1 is 1.25 bits per heavy atom. The topological polar surface area (TPSA) is 29.9 Å². The summed E-state index contributed by atoms with van der Waals surface area (Å²) in [4.78, 5) is 0. The van der Waals surface area contributed by atoms with Crippen molar-refractivity contribution in [2.24, 2.45) is 0 Å². The fourth-order valence-electron chi connectivity index (χ4n) is 1.63. The van der Waals surface area contributed by atoms with Crippen LogP contribution < -0.4 is 5.32 Å². The van der Waals surface area contributed by atoms with Crippen LogP contribution in [-0.2, 0) is 6.54 Å². The Bertz CT molecular complexity index is 296. The largest absolute Gasteiger partial charge is 0.312 e. The van der Waals surface area contributed by atoms with Gasteiger partial charge in [0.05, 0.1) is 6.20 Å². The third kappa shape index (κ3) is 5.91. The quantitative estimate of drug-likeness (QED) is 0.752. The first-order valence-corrected chi connectivity index (χ1v) is 6.21. The first-order valence-electron chi connectivity index (χ1n) is 6.21. The first kappa shape index (κ1) is 13.2. The minimum Gasteiger partial charge on any atom is -0.312 e. The van der Waals surface area contributed by atoms with Crippen molar-refractivity contribution in [3.63, 3.8) is 0 Å². The van der Waals surface area contributed by atoms with E-state index < -0.39 is 0 Å². The molecule has 0 saturated carbocycles. The second kappa shape index (κ2) is 6.04. The summed E-state index contributed by atoms with van der Waals surface area (Å²) in [5.74, 6) is 0. The Hall–Kier alpha value is -0.830. The van der Waals surface area contributed by atoms with Crippen molar-refractivity contribution < 1.29 is 0 Å². The lowest BCUT2D eigenvalue weighted by atomic mass is 10.1. The van der Waals surface area contributed by atoms with E-state index >= 15 is 0 Å². The van der Waals surface area contributed by atoms with Gasteiger partial charge in [0.1, 0.15) is 0 Å². The Morgan fingerprint density at radius 2 is 2.00 bits per heavy atom. The average molecular weight is 223 g/mol. The average Bonchev–Trinajstić information content (AvgIpc) is 2.56. The van der Waals surface area contributed by atoms with Gasteiger partial charge in [-0.25, -0.2) is 0 Å². The molecule has 0 aliphatic heterocycles. The monoisotopic (exact) mass is 223 g/mol. The fraction of sp³-hybridized carbons (Fsp3) is 0.769. The molecule has 1 aromatic heterocycles. The van der Waals surface area contributed by atoms with Gasteiger partial charge in [-0.2, -0.15) is 5.10 Å². The van der Waals surface area contributed by atoms with Crippen LogP contribution >= 0.6 is 0 Å². The number of unbranched alkanes of at least 4 members (excludes halogenated alkanes) is 2. The molecule has 0 fully saturated rings. The van der Waals surface area contributed by atoms with Crippen LogP contribution in [-0.4, -0.2) is 21.9 Å². The van der Waals surface area contributed by atoms with Gasteiger partial charge in [-0.05, 0) is 52.6 Å². The lowest BCUT2D eigenvalue weighted by molar-refractivity contribution is 0.413. The molecule has 0 unspecified atom stereocenters. The van der Waals surface area contributed by atoms with E-state index in [1.54, 1.807) is 0 Å². The molecule has 3 nitrogen and oxygen atoms in total. The molecule has 0 aliphatic rings. The minimum absolute atomic E-state index is 0.249. The molecule has 3 heteroatoms. The van der Waals surface area contributed by atoms with E-state index in [1.165, 1.54) is 24.8 Å². The molecule has 1 aromatic rings. The molecule has 0 aliphatic carbocycles. The lowest BCUT2D eigenvalue weighted by Gasteiger charge is -2.20. The highest BCUT2D eigenvalue weighted by molar-refractivity contribution is 4.99. The molecule has 0 aromatic carbocycles. The van der Waals surface area contributed by atoms with E-state index in [9.17, 15) is 0 Å². The van der Waals surface area contributed by atoms with Gasteiger partial charge in [-0.1, -0.05) is 6.42 Å². The summed E-state index contributed by atoms with van der Waals surface area (Å²) in [6, 6.07) is 0. The van der Waals surface area contributed by atoms with Crippen LogP contribution in [0.25, 0.3) is 0 Å². The highest BCUT2D eigenvalue weighted by atomic mass is 15.3. The van der Waals surface area contributed by atoms with E-state index in [4.69, 9.17) is 0 Å². The van der Waals surface area contributed by atoms with E-state index in [2.05, 4.69) is 44.3 Å². The Balaban J connectivity index is 2.00. The van der Waals surface area contributed by atoms with Crippen molar-refractivity contribution in [2.75, 3.05) is 6.54 Å². The van der Waals surface area contributed by atoms with Crippen molar-refractivity contribution in [1.29, 1.82) is 0 Å². The molecule has 92 valence electrons. The zero-order chi connectivity index (χ0) is 12.0. The molecule has 1 rings (SSSR count). The number of hydrogen-bond acceptors (Lipinski definition) is 2. The maximum absolute atomic E-state index is 4.27. The number of nitrogens with zero attached hydrogens (tertiary/aromatic N) is 2. The standard InChI is InChI=1S/C13H25N3/c1-12-10-15-16(11-12)9-7-5-6-8-14-13(2,3)4/h10-11,14H,5-9H2,1-4H3. The van der Waals surface area contributed by atoms with Crippen LogP contribution in [0.2, 0.25) is 0 Å². The number of aryl methyl sites for hydroxylation is 2. The lowest BCUT2D eigenvalue weighted by Crippen LogP contribution is -2.36. The van der Waals surface area contributed by atoms with Crippen molar-refractivity contribution in [2.45, 2.75) is 59.0 Å². The Kier molecular flexibility index (Phi) is 5.00. The highest BCUT2D eigenvalue weighted by Gasteiger charge is 2.06. The van der Waals surface area contributed by atoms with Crippen LogP contribution in [0.5, 0.6) is 0 Å². The summed E-state index contributed by atoms with van der Waals surface area (Å²) in [6.45, 7) is 10.9. The third-order valence-electron chi connectivity index (χ3n) is 2.48. The van der Waals surface area contributed by atoms with Gasteiger partial charge in [-0.15, -0.1) is 0 Å². The smallest absolute Gasteiger partial charge is 0.0518 e. The van der Waals surface area contributed by atoms with Gasteiger partial charge >= 0.3 is 0 Å². The van der Waals surface area contributed by atoms with Crippen molar-refractivity contribution >= 4 is 0 Å². The zero-order valence-corrected chi connectivity index (χ0v) is 11.1. The normalized spacial score (nSPS) is 12.0. The second-order valence-electron chi connectivity index (χ2n) is 5.52. The van der Waals surface area contributed by atoms with E-state index in [0.717, 1.165) is 13.1 Å². The van der Waals surface area contributed by atoms with Gasteiger partial charge in [0.25, 0.3) is 0 Å². The number of rotatable bonds is 6. The molecule has 0 bridgehead atoms. The predicted molar refractivity (Wildman–Crippen MR) is 68.6 cm³/mol. The molecule has 16 heavy (non-hydrogen) atoms. The molecular formula is C13H25N3. The maximum Gasteiger partial charge on any atom is 0.0518 e. The Morgan fingerprint density at radius 3 is 2.56 bits per heavy atom. The van der Waals surface area contributed by atoms with Crippen LogP contribution in [0.15, 0.2) is 12.4 Å². The number of nitrogens with one attached hydrogen (secondary N) is 1. The Labute approximate surface area is 99.2 Å². The molecule has 0 radical (unpaired) electrons. The van der Waals surface area contributed by atoms with Gasteiger partial charge < -0.3 is 5.32 Å². The van der Waals surface area contributed by atoms with Crippen LogP contribution in [0.3, 0.4) is 0 Å². The number of aromatic nitrogens is 2. The van der Waals surface area contributed by atoms with E-state index in [1.807, 2.05) is 10.9 Å². The highest BCUT2D eigenvalue weighted by Crippen LogP contribution is 2.02. The SMILES string of the molecule is Cc1cnn(CCCCCNC(C)(C)C)c1. The van der Waals surface area contributed by atoms with Crippen LogP contribution in [0.1, 0.15) is 45.6 Å². The van der Waals surface area contributed by atoms with Crippen molar-refractivity contribution in [3.8, 4) is 0 Å².